The molecule has 2 saturated heterocycles. The van der Waals surface area contributed by atoms with E-state index in [1.165, 1.54) is 12.8 Å². The molecule has 0 aromatic carbocycles. The van der Waals surface area contributed by atoms with Crippen molar-refractivity contribution in [2.45, 2.75) is 38.2 Å². The number of nitrogens with zero attached hydrogens (tertiary/aromatic N) is 1. The molecule has 5 nitrogen and oxygen atoms in total. The Morgan fingerprint density at radius 1 is 1.21 bits per heavy atom. The number of unbranched alkanes of at least 4 members (excludes halogenated alkanes) is 1. The molecule has 2 rings (SSSR count). The van der Waals surface area contributed by atoms with Gasteiger partial charge in [0.25, 0.3) is 0 Å². The van der Waals surface area contributed by atoms with Gasteiger partial charge in [-0.1, -0.05) is 0 Å². The first-order valence-corrected chi connectivity index (χ1v) is 7.53. The van der Waals surface area contributed by atoms with Gasteiger partial charge in [0.05, 0.1) is 25.9 Å². The van der Waals surface area contributed by atoms with E-state index in [0.29, 0.717) is 12.6 Å². The van der Waals surface area contributed by atoms with Crippen molar-refractivity contribution < 1.29 is 14.3 Å². The number of morpholine rings is 1. The Hall–Kier alpha value is -0.650. The third kappa shape index (κ3) is 5.89. The average Bonchev–Trinajstić information content (AvgIpc) is 2.92. The number of amides is 1. The van der Waals surface area contributed by atoms with Crippen LogP contribution < -0.4 is 5.32 Å². The van der Waals surface area contributed by atoms with Gasteiger partial charge in [-0.3, -0.25) is 9.69 Å². The van der Waals surface area contributed by atoms with Gasteiger partial charge >= 0.3 is 0 Å². The molecule has 0 radical (unpaired) electrons. The Bertz CT molecular complexity index is 261. The molecule has 5 heteroatoms. The summed E-state index contributed by atoms with van der Waals surface area (Å²) in [6.45, 7) is 5.45. The van der Waals surface area contributed by atoms with Crippen LogP contribution in [0, 0.1) is 0 Å². The number of carbonyl (C=O) groups is 1. The van der Waals surface area contributed by atoms with Crippen LogP contribution in [-0.2, 0) is 14.3 Å². The Kier molecular flexibility index (Phi) is 6.61. The van der Waals surface area contributed by atoms with Crippen molar-refractivity contribution in [3.63, 3.8) is 0 Å². The highest BCUT2D eigenvalue weighted by Crippen LogP contribution is 2.17. The van der Waals surface area contributed by atoms with Crippen LogP contribution in [0.5, 0.6) is 0 Å². The largest absolute Gasteiger partial charge is 0.379 e. The van der Waals surface area contributed by atoms with Gasteiger partial charge in [-0.05, 0) is 32.1 Å². The first-order chi connectivity index (χ1) is 9.34. The summed E-state index contributed by atoms with van der Waals surface area (Å²) >= 11 is 0. The molecule has 0 spiro atoms. The standard InChI is InChI=1S/C14H26N2O3/c17-14(12-16-7-10-18-11-8-16)15-6-2-1-4-13-5-3-9-19-13/h13H,1-12H2,(H,15,17)/t13-/m0/s1. The van der Waals surface area contributed by atoms with Gasteiger partial charge in [0.2, 0.25) is 5.91 Å². The molecule has 1 atom stereocenters. The molecule has 2 aliphatic rings. The molecular formula is C14H26N2O3. The summed E-state index contributed by atoms with van der Waals surface area (Å²) in [5, 5.41) is 2.99. The predicted molar refractivity (Wildman–Crippen MR) is 73.1 cm³/mol. The SMILES string of the molecule is O=C(CN1CCOCC1)NCCCC[C@H]1CCCO1. The molecule has 2 heterocycles. The van der Waals surface area contributed by atoms with Gasteiger partial charge in [-0.25, -0.2) is 0 Å². The molecule has 0 bridgehead atoms. The minimum Gasteiger partial charge on any atom is -0.379 e. The highest BCUT2D eigenvalue weighted by atomic mass is 16.5. The summed E-state index contributed by atoms with van der Waals surface area (Å²) in [7, 11) is 0. The van der Waals surface area contributed by atoms with Crippen molar-refractivity contribution in [2.75, 3.05) is 46.0 Å². The zero-order valence-electron chi connectivity index (χ0n) is 11.7. The van der Waals surface area contributed by atoms with Crippen LogP contribution >= 0.6 is 0 Å². The van der Waals surface area contributed by atoms with Crippen molar-refractivity contribution in [1.29, 1.82) is 0 Å². The van der Waals surface area contributed by atoms with Crippen molar-refractivity contribution in [2.24, 2.45) is 0 Å². The average molecular weight is 270 g/mol. The normalized spacial score (nSPS) is 24.5. The lowest BCUT2D eigenvalue weighted by molar-refractivity contribution is -0.123. The van der Waals surface area contributed by atoms with Crippen LogP contribution in [0.3, 0.4) is 0 Å². The lowest BCUT2D eigenvalue weighted by Crippen LogP contribution is -2.43. The fraction of sp³-hybridized carbons (Fsp3) is 0.929. The second kappa shape index (κ2) is 8.51. The van der Waals surface area contributed by atoms with Crippen molar-refractivity contribution in [3.05, 3.63) is 0 Å². The molecular weight excluding hydrogens is 244 g/mol. The molecule has 0 saturated carbocycles. The third-order valence-electron chi connectivity index (χ3n) is 3.77. The topological polar surface area (TPSA) is 50.8 Å². The molecule has 1 N–H and O–H groups in total. The van der Waals surface area contributed by atoms with Gasteiger partial charge in [-0.15, -0.1) is 0 Å². The zero-order valence-corrected chi connectivity index (χ0v) is 11.7. The lowest BCUT2D eigenvalue weighted by Gasteiger charge is -2.25. The van der Waals surface area contributed by atoms with E-state index >= 15 is 0 Å². The Morgan fingerprint density at radius 2 is 2.05 bits per heavy atom. The third-order valence-corrected chi connectivity index (χ3v) is 3.77. The van der Waals surface area contributed by atoms with E-state index in [-0.39, 0.29) is 5.91 Å². The minimum absolute atomic E-state index is 0.138. The molecule has 19 heavy (non-hydrogen) atoms. The second-order valence-electron chi connectivity index (χ2n) is 5.37. The van der Waals surface area contributed by atoms with Crippen molar-refractivity contribution in [3.8, 4) is 0 Å². The van der Waals surface area contributed by atoms with Gasteiger partial charge in [-0.2, -0.15) is 0 Å². The minimum atomic E-state index is 0.138. The smallest absolute Gasteiger partial charge is 0.234 e. The summed E-state index contributed by atoms with van der Waals surface area (Å²) < 4.78 is 10.8. The van der Waals surface area contributed by atoms with E-state index in [0.717, 1.165) is 58.7 Å². The van der Waals surface area contributed by atoms with Crippen LogP contribution in [0.2, 0.25) is 0 Å². The van der Waals surface area contributed by atoms with E-state index in [2.05, 4.69) is 10.2 Å². The van der Waals surface area contributed by atoms with Gasteiger partial charge in [0.15, 0.2) is 0 Å². The lowest BCUT2D eigenvalue weighted by atomic mass is 10.1. The summed E-state index contributed by atoms with van der Waals surface area (Å²) in [4.78, 5) is 13.9. The number of rotatable bonds is 7. The molecule has 110 valence electrons. The quantitative estimate of drug-likeness (QED) is 0.695. The van der Waals surface area contributed by atoms with Gasteiger partial charge in [0, 0.05) is 26.2 Å². The number of ether oxygens (including phenoxy) is 2. The summed E-state index contributed by atoms with van der Waals surface area (Å²) in [6.07, 6.45) is 6.23. The van der Waals surface area contributed by atoms with Gasteiger partial charge < -0.3 is 14.8 Å². The van der Waals surface area contributed by atoms with Crippen LogP contribution in [-0.4, -0.2) is 62.9 Å². The van der Waals surface area contributed by atoms with Crippen molar-refractivity contribution >= 4 is 5.91 Å². The van der Waals surface area contributed by atoms with Crippen molar-refractivity contribution in [1.82, 2.24) is 10.2 Å². The molecule has 0 aliphatic carbocycles. The molecule has 0 aromatic rings. The summed E-state index contributed by atoms with van der Waals surface area (Å²) in [5.74, 6) is 0.138. The van der Waals surface area contributed by atoms with E-state index in [9.17, 15) is 4.79 Å². The fourth-order valence-corrected chi connectivity index (χ4v) is 2.62. The molecule has 2 fully saturated rings. The van der Waals surface area contributed by atoms with Crippen LogP contribution in [0.25, 0.3) is 0 Å². The maximum absolute atomic E-state index is 11.7. The van der Waals surface area contributed by atoms with E-state index in [1.54, 1.807) is 0 Å². The second-order valence-corrected chi connectivity index (χ2v) is 5.37. The van der Waals surface area contributed by atoms with E-state index in [4.69, 9.17) is 9.47 Å². The Morgan fingerprint density at radius 3 is 2.79 bits per heavy atom. The highest BCUT2D eigenvalue weighted by molar-refractivity contribution is 5.77. The Labute approximate surface area is 115 Å². The van der Waals surface area contributed by atoms with Crippen LogP contribution in [0.15, 0.2) is 0 Å². The summed E-state index contributed by atoms with van der Waals surface area (Å²) in [6, 6.07) is 0. The fourth-order valence-electron chi connectivity index (χ4n) is 2.62. The molecule has 0 aromatic heterocycles. The molecule has 2 aliphatic heterocycles. The number of nitrogens with one attached hydrogen (secondary N) is 1. The van der Waals surface area contributed by atoms with Gasteiger partial charge in [0.1, 0.15) is 0 Å². The monoisotopic (exact) mass is 270 g/mol. The number of carbonyl (C=O) groups excluding carboxylic acids is 1. The number of hydrogen-bond acceptors (Lipinski definition) is 4. The molecule has 1 amide bonds. The maximum atomic E-state index is 11.7. The first-order valence-electron chi connectivity index (χ1n) is 7.53. The molecule has 0 unspecified atom stereocenters. The maximum Gasteiger partial charge on any atom is 0.234 e. The number of hydrogen-bond donors (Lipinski definition) is 1. The van der Waals surface area contributed by atoms with E-state index in [1.807, 2.05) is 0 Å². The summed E-state index contributed by atoms with van der Waals surface area (Å²) in [5.41, 5.74) is 0. The first kappa shape index (κ1) is 14.8. The highest BCUT2D eigenvalue weighted by Gasteiger charge is 2.15. The Balaban J connectivity index is 1.44. The van der Waals surface area contributed by atoms with Crippen LogP contribution in [0.1, 0.15) is 32.1 Å². The van der Waals surface area contributed by atoms with E-state index < -0.39 is 0 Å². The zero-order chi connectivity index (χ0) is 13.3. The predicted octanol–water partition coefficient (Wildman–Crippen LogP) is 0.784. The van der Waals surface area contributed by atoms with Crippen LogP contribution in [0.4, 0.5) is 0 Å².